The van der Waals surface area contributed by atoms with Gasteiger partial charge < -0.3 is 4.90 Å². The van der Waals surface area contributed by atoms with Crippen molar-refractivity contribution in [1.82, 2.24) is 4.98 Å². The van der Waals surface area contributed by atoms with E-state index >= 15 is 0 Å². The van der Waals surface area contributed by atoms with Crippen molar-refractivity contribution in [3.05, 3.63) is 22.3 Å². The Balaban J connectivity index is 2.40. The number of anilines is 1. The lowest BCUT2D eigenvalue weighted by atomic mass is 9.91. The van der Waals surface area contributed by atoms with Crippen molar-refractivity contribution >= 4 is 33.3 Å². The minimum Gasteiger partial charge on any atom is -0.352 e. The van der Waals surface area contributed by atoms with Gasteiger partial charge in [0.25, 0.3) is 0 Å². The van der Waals surface area contributed by atoms with Crippen LogP contribution in [0.1, 0.15) is 24.8 Å². The Morgan fingerprint density at radius 3 is 2.58 bits per heavy atom. The van der Waals surface area contributed by atoms with Crippen LogP contribution in [0.5, 0.6) is 0 Å². The maximum Gasteiger partial charge on any atom is 0.419 e. The molecule has 1 fully saturated rings. The van der Waals surface area contributed by atoms with Gasteiger partial charge in [-0.15, -0.1) is 11.6 Å². The van der Waals surface area contributed by atoms with Gasteiger partial charge in [-0.05, 0) is 41.3 Å². The highest BCUT2D eigenvalue weighted by atomic mass is 79.9. The molecule has 1 aromatic rings. The number of nitrogens with zero attached hydrogens (tertiary/aromatic N) is 2. The number of hydrogen-bond donors (Lipinski definition) is 0. The minimum absolute atomic E-state index is 0.0129. The quantitative estimate of drug-likeness (QED) is 0.740. The number of hydrogen-bond acceptors (Lipinski definition) is 2. The first-order chi connectivity index (χ1) is 8.93. The van der Waals surface area contributed by atoms with Crippen LogP contribution in [0.2, 0.25) is 0 Å². The van der Waals surface area contributed by atoms with Gasteiger partial charge in [-0.2, -0.15) is 13.2 Å². The lowest BCUT2D eigenvalue weighted by molar-refractivity contribution is -0.137. The first-order valence-electron chi connectivity index (χ1n) is 5.99. The molecule has 1 heterocycles. The standard InChI is InChI=1S/C12H13BrClF3N2/c13-8-6-10(12(15,16)17)11(18-7-8)19(5-4-14)9-2-1-3-9/h6-7,9H,1-5H2. The molecule has 0 bridgehead atoms. The zero-order valence-electron chi connectivity index (χ0n) is 10.1. The van der Waals surface area contributed by atoms with Crippen LogP contribution in [0, 0.1) is 0 Å². The molecule has 19 heavy (non-hydrogen) atoms. The topological polar surface area (TPSA) is 16.1 Å². The van der Waals surface area contributed by atoms with Gasteiger partial charge in [-0.1, -0.05) is 0 Å². The van der Waals surface area contributed by atoms with Crippen molar-refractivity contribution in [2.24, 2.45) is 0 Å². The second-order valence-corrected chi connectivity index (χ2v) is 5.78. The molecule has 0 saturated heterocycles. The average Bonchev–Trinajstić information content (AvgIpc) is 2.25. The molecule has 106 valence electrons. The molecule has 0 atom stereocenters. The first kappa shape index (κ1) is 14.9. The number of alkyl halides is 4. The number of halogens is 5. The molecule has 1 aromatic heterocycles. The summed E-state index contributed by atoms with van der Waals surface area (Å²) in [5, 5.41) is 0. The second kappa shape index (κ2) is 5.87. The molecule has 0 N–H and O–H groups in total. The van der Waals surface area contributed by atoms with E-state index in [4.69, 9.17) is 11.6 Å². The van der Waals surface area contributed by atoms with E-state index < -0.39 is 11.7 Å². The summed E-state index contributed by atoms with van der Waals surface area (Å²) in [5.74, 6) is 0.270. The highest BCUT2D eigenvalue weighted by Gasteiger charge is 2.38. The number of pyridine rings is 1. The fraction of sp³-hybridized carbons (Fsp3) is 0.583. The zero-order valence-corrected chi connectivity index (χ0v) is 12.4. The molecule has 1 aliphatic rings. The minimum atomic E-state index is -4.42. The van der Waals surface area contributed by atoms with E-state index in [0.29, 0.717) is 11.0 Å². The Bertz CT molecular complexity index is 449. The largest absolute Gasteiger partial charge is 0.419 e. The fourth-order valence-electron chi connectivity index (χ4n) is 2.12. The molecule has 0 amide bonds. The Morgan fingerprint density at radius 1 is 1.42 bits per heavy atom. The Hall–Kier alpha value is -0.490. The molecule has 0 unspecified atom stereocenters. The van der Waals surface area contributed by atoms with E-state index in [1.165, 1.54) is 6.20 Å². The molecule has 0 radical (unpaired) electrons. The summed E-state index contributed by atoms with van der Waals surface area (Å²) >= 11 is 8.75. The molecule has 1 saturated carbocycles. The van der Waals surface area contributed by atoms with Crippen LogP contribution >= 0.6 is 27.5 Å². The molecule has 0 aromatic carbocycles. The highest BCUT2D eigenvalue weighted by molar-refractivity contribution is 9.10. The third-order valence-electron chi connectivity index (χ3n) is 3.25. The van der Waals surface area contributed by atoms with Crippen molar-refractivity contribution in [3.63, 3.8) is 0 Å². The van der Waals surface area contributed by atoms with Crippen molar-refractivity contribution in [3.8, 4) is 0 Å². The van der Waals surface area contributed by atoms with E-state index in [1.54, 1.807) is 4.90 Å². The summed E-state index contributed by atoms with van der Waals surface area (Å²) in [6.45, 7) is 0.379. The van der Waals surface area contributed by atoms with Gasteiger partial charge >= 0.3 is 6.18 Å². The molecule has 0 spiro atoms. The van der Waals surface area contributed by atoms with E-state index in [9.17, 15) is 13.2 Å². The smallest absolute Gasteiger partial charge is 0.352 e. The van der Waals surface area contributed by atoms with Crippen LogP contribution in [0.4, 0.5) is 19.0 Å². The van der Waals surface area contributed by atoms with Gasteiger partial charge in [-0.25, -0.2) is 4.98 Å². The highest BCUT2D eigenvalue weighted by Crippen LogP contribution is 2.39. The Morgan fingerprint density at radius 2 is 2.11 bits per heavy atom. The molecule has 7 heteroatoms. The van der Waals surface area contributed by atoms with E-state index in [-0.39, 0.29) is 17.7 Å². The summed E-state index contributed by atoms with van der Waals surface area (Å²) < 4.78 is 39.6. The van der Waals surface area contributed by atoms with Gasteiger partial charge in [-0.3, -0.25) is 0 Å². The van der Waals surface area contributed by atoms with Crippen molar-refractivity contribution in [1.29, 1.82) is 0 Å². The van der Waals surface area contributed by atoms with E-state index in [1.807, 2.05) is 0 Å². The van der Waals surface area contributed by atoms with Crippen molar-refractivity contribution in [2.45, 2.75) is 31.5 Å². The van der Waals surface area contributed by atoms with Crippen LogP contribution in [0.25, 0.3) is 0 Å². The third-order valence-corrected chi connectivity index (χ3v) is 3.85. The van der Waals surface area contributed by atoms with Crippen LogP contribution in [-0.2, 0) is 6.18 Å². The molecule has 1 aliphatic carbocycles. The first-order valence-corrected chi connectivity index (χ1v) is 7.31. The fourth-order valence-corrected chi connectivity index (χ4v) is 2.63. The van der Waals surface area contributed by atoms with Crippen molar-refractivity contribution in [2.75, 3.05) is 17.3 Å². The van der Waals surface area contributed by atoms with Crippen LogP contribution in [0.15, 0.2) is 16.7 Å². The van der Waals surface area contributed by atoms with Crippen LogP contribution < -0.4 is 4.90 Å². The lowest BCUT2D eigenvalue weighted by Crippen LogP contribution is -2.43. The summed E-state index contributed by atoms with van der Waals surface area (Å²) in [6, 6.07) is 1.19. The SMILES string of the molecule is FC(F)(F)c1cc(Br)cnc1N(CCCl)C1CCC1. The van der Waals surface area contributed by atoms with Crippen molar-refractivity contribution < 1.29 is 13.2 Å². The maximum atomic E-state index is 13.1. The molecule has 2 nitrogen and oxygen atoms in total. The van der Waals surface area contributed by atoms with Gasteiger partial charge in [0.2, 0.25) is 0 Å². The molecular weight excluding hydrogens is 344 g/mol. The van der Waals surface area contributed by atoms with Crippen LogP contribution in [-0.4, -0.2) is 23.5 Å². The monoisotopic (exact) mass is 356 g/mol. The van der Waals surface area contributed by atoms with E-state index in [0.717, 1.165) is 25.3 Å². The van der Waals surface area contributed by atoms with Crippen LogP contribution in [0.3, 0.4) is 0 Å². The number of rotatable bonds is 4. The maximum absolute atomic E-state index is 13.1. The zero-order chi connectivity index (χ0) is 14.0. The normalized spacial score (nSPS) is 16.3. The summed E-state index contributed by atoms with van der Waals surface area (Å²) in [7, 11) is 0. The Kier molecular flexibility index (Phi) is 4.61. The number of aromatic nitrogens is 1. The predicted octanol–water partition coefficient (Wildman–Crippen LogP) is 4.46. The second-order valence-electron chi connectivity index (χ2n) is 4.49. The predicted molar refractivity (Wildman–Crippen MR) is 72.6 cm³/mol. The lowest BCUT2D eigenvalue weighted by Gasteiger charge is -2.39. The van der Waals surface area contributed by atoms with Gasteiger partial charge in [0, 0.05) is 29.1 Å². The third kappa shape index (κ3) is 3.34. The Labute approximate surface area is 123 Å². The van der Waals surface area contributed by atoms with E-state index in [2.05, 4.69) is 20.9 Å². The summed E-state index contributed by atoms with van der Waals surface area (Å²) in [4.78, 5) is 5.65. The van der Waals surface area contributed by atoms with Gasteiger partial charge in [0.1, 0.15) is 5.82 Å². The molecule has 2 rings (SSSR count). The molecular formula is C12H13BrClF3N2. The summed E-state index contributed by atoms with van der Waals surface area (Å²) in [6.07, 6.45) is -0.190. The molecule has 0 aliphatic heterocycles. The van der Waals surface area contributed by atoms with Gasteiger partial charge in [0.05, 0.1) is 5.56 Å². The van der Waals surface area contributed by atoms with Gasteiger partial charge in [0.15, 0.2) is 0 Å². The average molecular weight is 358 g/mol. The summed E-state index contributed by atoms with van der Waals surface area (Å²) in [5.41, 5.74) is -0.709.